The largest absolute Gasteiger partial charge is 0.497 e. The summed E-state index contributed by atoms with van der Waals surface area (Å²) in [5, 5.41) is 4.17. The number of benzene rings is 2. The number of nitrogens with zero attached hydrogens (tertiary/aromatic N) is 1. The zero-order valence-electron chi connectivity index (χ0n) is 19.1. The van der Waals surface area contributed by atoms with Crippen LogP contribution in [0.2, 0.25) is 10.0 Å². The highest BCUT2D eigenvalue weighted by molar-refractivity contribution is 6.42. The number of methoxy groups -OCH3 is 1. The van der Waals surface area contributed by atoms with Gasteiger partial charge < -0.3 is 15.0 Å². The molecular formula is C27H32Cl2N2O2. The summed E-state index contributed by atoms with van der Waals surface area (Å²) in [6.07, 6.45) is 9.06. The molecule has 0 bridgehead atoms. The number of likely N-dealkylation sites (tertiary alicyclic amines) is 1. The van der Waals surface area contributed by atoms with E-state index in [0.717, 1.165) is 43.8 Å². The number of carbonyl (C=O) groups is 1. The first-order valence-electron chi connectivity index (χ1n) is 11.8. The van der Waals surface area contributed by atoms with E-state index >= 15 is 0 Å². The molecule has 1 heterocycles. The minimum absolute atomic E-state index is 0.0490. The number of hydrogen-bond acceptors (Lipinski definition) is 3. The van der Waals surface area contributed by atoms with Gasteiger partial charge in [-0.25, -0.2) is 0 Å². The fourth-order valence-electron chi connectivity index (χ4n) is 5.10. The molecule has 2 atom stereocenters. The molecule has 2 fully saturated rings. The molecular weight excluding hydrogens is 455 g/mol. The number of halogens is 2. The van der Waals surface area contributed by atoms with Gasteiger partial charge in [-0.1, -0.05) is 41.4 Å². The first kappa shape index (κ1) is 24.1. The second kappa shape index (κ2) is 11.4. The lowest BCUT2D eigenvalue weighted by Gasteiger charge is -2.33. The Bertz CT molecular complexity index is 969. The van der Waals surface area contributed by atoms with Crippen molar-refractivity contribution >= 4 is 35.2 Å². The summed E-state index contributed by atoms with van der Waals surface area (Å²) in [6, 6.07) is 14.2. The lowest BCUT2D eigenvalue weighted by atomic mass is 9.89. The molecule has 0 aromatic heterocycles. The molecule has 1 amide bonds. The van der Waals surface area contributed by atoms with Crippen molar-refractivity contribution < 1.29 is 9.53 Å². The zero-order valence-corrected chi connectivity index (χ0v) is 20.6. The second-order valence-corrected chi connectivity index (χ2v) is 10.1. The maximum absolute atomic E-state index is 12.4. The number of rotatable bonds is 7. The highest BCUT2D eigenvalue weighted by Crippen LogP contribution is 2.32. The molecule has 1 saturated heterocycles. The molecule has 2 aliphatic rings. The van der Waals surface area contributed by atoms with E-state index in [1.165, 1.54) is 24.8 Å². The molecule has 4 nitrogen and oxygen atoms in total. The van der Waals surface area contributed by atoms with Gasteiger partial charge in [0.05, 0.1) is 17.2 Å². The zero-order chi connectivity index (χ0) is 23.2. The van der Waals surface area contributed by atoms with Crippen LogP contribution in [0.4, 0.5) is 0 Å². The molecule has 1 saturated carbocycles. The van der Waals surface area contributed by atoms with Crippen LogP contribution in [-0.2, 0) is 4.79 Å². The van der Waals surface area contributed by atoms with Crippen molar-refractivity contribution in [2.24, 2.45) is 5.92 Å². The van der Waals surface area contributed by atoms with Gasteiger partial charge in [0.1, 0.15) is 5.75 Å². The molecule has 1 aliphatic heterocycles. The van der Waals surface area contributed by atoms with Gasteiger partial charge in [0.15, 0.2) is 0 Å². The Balaban J connectivity index is 1.18. The Morgan fingerprint density at radius 3 is 2.52 bits per heavy atom. The summed E-state index contributed by atoms with van der Waals surface area (Å²) in [7, 11) is 1.71. The summed E-state index contributed by atoms with van der Waals surface area (Å²) < 4.78 is 5.28. The second-order valence-electron chi connectivity index (χ2n) is 9.24. The van der Waals surface area contributed by atoms with Crippen LogP contribution in [0.15, 0.2) is 48.5 Å². The molecule has 6 heteroatoms. The average molecular weight is 487 g/mol. The van der Waals surface area contributed by atoms with Crippen molar-refractivity contribution in [1.82, 2.24) is 10.2 Å². The summed E-state index contributed by atoms with van der Waals surface area (Å²) in [6.45, 7) is 3.44. The van der Waals surface area contributed by atoms with E-state index < -0.39 is 0 Å². The van der Waals surface area contributed by atoms with Crippen LogP contribution in [0, 0.1) is 5.92 Å². The standard InChI is InChI=1S/C27H32Cl2N2O2/c1-33-24-8-5-21(6-9-24)22-12-14-31(15-13-22)18-20-2-7-23(16-20)30-27(32)11-4-19-3-10-25(28)26(29)17-19/h3-6,8-11,17,20,22-23H,2,7,12-16,18H2,1H3,(H,30,32)/t20-,23+/m0/s1. The van der Waals surface area contributed by atoms with Crippen LogP contribution >= 0.6 is 23.2 Å². The topological polar surface area (TPSA) is 41.6 Å². The van der Waals surface area contributed by atoms with Gasteiger partial charge in [-0.2, -0.15) is 0 Å². The average Bonchev–Trinajstić information content (AvgIpc) is 3.27. The van der Waals surface area contributed by atoms with Gasteiger partial charge in [-0.15, -0.1) is 0 Å². The van der Waals surface area contributed by atoms with E-state index in [1.807, 2.05) is 6.07 Å². The molecule has 0 radical (unpaired) electrons. The third-order valence-corrected chi connectivity index (χ3v) is 7.69. The SMILES string of the molecule is COc1ccc(C2CCN(C[C@H]3CC[C@@H](NC(=O)C=Cc4ccc(Cl)c(Cl)c4)C3)CC2)cc1. The highest BCUT2D eigenvalue weighted by Gasteiger charge is 2.29. The van der Waals surface area contributed by atoms with Gasteiger partial charge >= 0.3 is 0 Å². The Morgan fingerprint density at radius 1 is 1.06 bits per heavy atom. The summed E-state index contributed by atoms with van der Waals surface area (Å²) in [5.74, 6) is 2.17. The van der Waals surface area contributed by atoms with E-state index in [2.05, 4.69) is 34.5 Å². The fourth-order valence-corrected chi connectivity index (χ4v) is 5.41. The van der Waals surface area contributed by atoms with Crippen molar-refractivity contribution in [2.75, 3.05) is 26.7 Å². The van der Waals surface area contributed by atoms with E-state index in [4.69, 9.17) is 27.9 Å². The Morgan fingerprint density at radius 2 is 1.82 bits per heavy atom. The maximum Gasteiger partial charge on any atom is 0.244 e. The third kappa shape index (κ3) is 6.75. The molecule has 0 unspecified atom stereocenters. The molecule has 2 aromatic rings. The predicted octanol–water partition coefficient (Wildman–Crippen LogP) is 6.18. The molecule has 176 valence electrons. The van der Waals surface area contributed by atoms with Crippen molar-refractivity contribution in [2.45, 2.75) is 44.1 Å². The van der Waals surface area contributed by atoms with Crippen LogP contribution in [0.25, 0.3) is 6.08 Å². The number of carbonyl (C=O) groups excluding carboxylic acids is 1. The van der Waals surface area contributed by atoms with E-state index in [-0.39, 0.29) is 11.9 Å². The smallest absolute Gasteiger partial charge is 0.244 e. The van der Waals surface area contributed by atoms with Crippen molar-refractivity contribution in [3.05, 3.63) is 69.7 Å². The number of hydrogen-bond donors (Lipinski definition) is 1. The minimum Gasteiger partial charge on any atom is -0.497 e. The first-order valence-corrected chi connectivity index (χ1v) is 12.6. The summed E-state index contributed by atoms with van der Waals surface area (Å²) >= 11 is 12.0. The van der Waals surface area contributed by atoms with Crippen LogP contribution in [0.1, 0.15) is 49.1 Å². The summed E-state index contributed by atoms with van der Waals surface area (Å²) in [4.78, 5) is 15.0. The number of amides is 1. The maximum atomic E-state index is 12.4. The summed E-state index contributed by atoms with van der Waals surface area (Å²) in [5.41, 5.74) is 2.29. The highest BCUT2D eigenvalue weighted by atomic mass is 35.5. The lowest BCUT2D eigenvalue weighted by Crippen LogP contribution is -2.37. The molecule has 2 aromatic carbocycles. The van der Waals surface area contributed by atoms with Gasteiger partial charge in [-0.05, 0) is 98.5 Å². The Kier molecular flexibility index (Phi) is 8.34. The molecule has 0 spiro atoms. The third-order valence-electron chi connectivity index (χ3n) is 6.95. The van der Waals surface area contributed by atoms with Crippen molar-refractivity contribution in [3.63, 3.8) is 0 Å². The molecule has 33 heavy (non-hydrogen) atoms. The fraction of sp³-hybridized carbons (Fsp3) is 0.444. The molecule has 1 N–H and O–H groups in total. The van der Waals surface area contributed by atoms with E-state index in [9.17, 15) is 4.79 Å². The van der Waals surface area contributed by atoms with Crippen molar-refractivity contribution in [3.8, 4) is 5.75 Å². The number of nitrogens with one attached hydrogen (secondary N) is 1. The van der Waals surface area contributed by atoms with Crippen LogP contribution in [-0.4, -0.2) is 43.6 Å². The van der Waals surface area contributed by atoms with Gasteiger partial charge in [0, 0.05) is 18.7 Å². The van der Waals surface area contributed by atoms with Crippen LogP contribution < -0.4 is 10.1 Å². The van der Waals surface area contributed by atoms with E-state index in [0.29, 0.717) is 21.9 Å². The van der Waals surface area contributed by atoms with Crippen molar-refractivity contribution in [1.29, 1.82) is 0 Å². The number of piperidine rings is 1. The minimum atomic E-state index is -0.0490. The van der Waals surface area contributed by atoms with Crippen LogP contribution in [0.5, 0.6) is 5.75 Å². The molecule has 4 rings (SSSR count). The first-order chi connectivity index (χ1) is 16.0. The number of ether oxygens (including phenoxy) is 1. The quantitative estimate of drug-likeness (QED) is 0.475. The normalized spacial score (nSPS) is 22.0. The Labute approximate surface area is 206 Å². The van der Waals surface area contributed by atoms with E-state index in [1.54, 1.807) is 31.4 Å². The monoisotopic (exact) mass is 486 g/mol. The van der Waals surface area contributed by atoms with Crippen LogP contribution in [0.3, 0.4) is 0 Å². The van der Waals surface area contributed by atoms with Gasteiger partial charge in [-0.3, -0.25) is 4.79 Å². The predicted molar refractivity (Wildman–Crippen MR) is 136 cm³/mol. The van der Waals surface area contributed by atoms with Gasteiger partial charge in [0.25, 0.3) is 0 Å². The Hall–Kier alpha value is -2.01. The lowest BCUT2D eigenvalue weighted by molar-refractivity contribution is -0.117. The van der Waals surface area contributed by atoms with Gasteiger partial charge in [0.2, 0.25) is 5.91 Å². The molecule has 1 aliphatic carbocycles.